The standard InChI is InChI=1S/C27H28N8O3S2/c1-15-22(40-16(2)30-15)19-13-39-25(31-19)32-21-7-6-17(10-28-21)23(36)35-18-8-9-27(35,3)14-34(12-18)26-29-11-20(38-5)24(37)33(26)4/h6-8,10-11,13H,9,12,14H2,1-5H3,(H,28,31,32)/t27-/m0/s1. The molecular weight excluding hydrogens is 548 g/mol. The average Bonchev–Trinajstić information content (AvgIpc) is 3.59. The predicted octanol–water partition coefficient (Wildman–Crippen LogP) is 4.13. The lowest BCUT2D eigenvalue weighted by Gasteiger charge is -2.46. The maximum atomic E-state index is 13.7. The molecule has 0 unspecified atom stereocenters. The number of thiazole rings is 2. The Kier molecular flexibility index (Phi) is 6.42. The molecule has 13 heteroatoms. The van der Waals surface area contributed by atoms with Gasteiger partial charge >= 0.3 is 0 Å². The number of carbonyl (C=O) groups excluding carboxylic acids is 1. The van der Waals surface area contributed by atoms with Gasteiger partial charge in [0.25, 0.3) is 11.5 Å². The number of anilines is 3. The summed E-state index contributed by atoms with van der Waals surface area (Å²) in [6.07, 6.45) is 5.85. The minimum atomic E-state index is -0.482. The van der Waals surface area contributed by atoms with E-state index in [2.05, 4.69) is 38.3 Å². The highest BCUT2D eigenvalue weighted by atomic mass is 32.1. The van der Waals surface area contributed by atoms with E-state index in [4.69, 9.17) is 4.74 Å². The van der Waals surface area contributed by atoms with E-state index in [0.717, 1.165) is 32.1 Å². The zero-order valence-corrected chi connectivity index (χ0v) is 24.4. The van der Waals surface area contributed by atoms with Crippen molar-refractivity contribution >= 4 is 45.5 Å². The number of aromatic nitrogens is 5. The smallest absolute Gasteiger partial charge is 0.297 e. The summed E-state index contributed by atoms with van der Waals surface area (Å²) in [6, 6.07) is 3.58. The highest BCUT2D eigenvalue weighted by Gasteiger charge is 2.47. The summed E-state index contributed by atoms with van der Waals surface area (Å²) >= 11 is 3.13. The van der Waals surface area contributed by atoms with E-state index in [1.807, 2.05) is 29.0 Å². The fraction of sp³-hybridized carbons (Fsp3) is 0.333. The minimum Gasteiger partial charge on any atom is -0.490 e. The van der Waals surface area contributed by atoms with Gasteiger partial charge in [0.1, 0.15) is 5.82 Å². The van der Waals surface area contributed by atoms with Gasteiger partial charge in [0.15, 0.2) is 5.13 Å². The van der Waals surface area contributed by atoms with Crippen molar-refractivity contribution < 1.29 is 9.53 Å². The molecule has 0 spiro atoms. The van der Waals surface area contributed by atoms with Gasteiger partial charge in [-0.05, 0) is 39.3 Å². The molecule has 0 radical (unpaired) electrons. The second-order valence-electron chi connectivity index (χ2n) is 10.1. The number of nitrogens with one attached hydrogen (secondary N) is 1. The number of ether oxygens (including phenoxy) is 1. The van der Waals surface area contributed by atoms with Gasteiger partial charge in [-0.1, -0.05) is 6.08 Å². The topological polar surface area (TPSA) is 118 Å². The predicted molar refractivity (Wildman–Crippen MR) is 156 cm³/mol. The van der Waals surface area contributed by atoms with Crippen molar-refractivity contribution in [2.24, 2.45) is 7.05 Å². The first-order chi connectivity index (χ1) is 19.2. The van der Waals surface area contributed by atoms with Crippen LogP contribution in [0.4, 0.5) is 16.9 Å². The van der Waals surface area contributed by atoms with Gasteiger partial charge in [-0.3, -0.25) is 14.2 Å². The van der Waals surface area contributed by atoms with Crippen molar-refractivity contribution in [2.45, 2.75) is 32.7 Å². The average molecular weight is 577 g/mol. The first-order valence-electron chi connectivity index (χ1n) is 12.7. The molecule has 4 aromatic rings. The summed E-state index contributed by atoms with van der Waals surface area (Å²) in [4.78, 5) is 49.4. The van der Waals surface area contributed by atoms with Crippen molar-refractivity contribution in [3.05, 3.63) is 68.3 Å². The van der Waals surface area contributed by atoms with E-state index in [-0.39, 0.29) is 17.2 Å². The van der Waals surface area contributed by atoms with Gasteiger partial charge < -0.3 is 19.9 Å². The molecule has 0 aliphatic carbocycles. The van der Waals surface area contributed by atoms with Crippen molar-refractivity contribution in [1.82, 2.24) is 29.4 Å². The third kappa shape index (κ3) is 4.44. The van der Waals surface area contributed by atoms with E-state index in [0.29, 0.717) is 36.8 Å². The maximum Gasteiger partial charge on any atom is 0.297 e. The summed E-state index contributed by atoms with van der Waals surface area (Å²) in [5.74, 6) is 1.24. The SMILES string of the molecule is COc1cnc(N2CC3=CC[C@@](C)(C2)N3C(=O)c2ccc(Nc3nc(-c4sc(C)nc4C)cs3)nc2)n(C)c1=O. The lowest BCUT2D eigenvalue weighted by molar-refractivity contribution is 0.0636. The van der Waals surface area contributed by atoms with Crippen molar-refractivity contribution in [3.63, 3.8) is 0 Å². The number of piperazine rings is 1. The third-order valence-corrected chi connectivity index (χ3v) is 9.05. The molecule has 1 atom stereocenters. The summed E-state index contributed by atoms with van der Waals surface area (Å²) in [5.41, 5.74) is 2.52. The monoisotopic (exact) mass is 576 g/mol. The number of pyridine rings is 1. The molecule has 1 N–H and O–H groups in total. The fourth-order valence-electron chi connectivity index (χ4n) is 5.30. The molecule has 206 valence electrons. The van der Waals surface area contributed by atoms with Crippen LogP contribution in [-0.4, -0.2) is 61.0 Å². The quantitative estimate of drug-likeness (QED) is 0.361. The molecule has 6 heterocycles. The van der Waals surface area contributed by atoms with Gasteiger partial charge in [-0.25, -0.2) is 19.9 Å². The normalized spacial score (nSPS) is 18.2. The molecule has 40 heavy (non-hydrogen) atoms. The number of nitrogens with zero attached hydrogens (tertiary/aromatic N) is 7. The molecular formula is C27H28N8O3S2. The van der Waals surface area contributed by atoms with Crippen LogP contribution < -0.4 is 20.5 Å². The molecule has 1 fully saturated rings. The van der Waals surface area contributed by atoms with Gasteiger partial charge in [0, 0.05) is 30.9 Å². The summed E-state index contributed by atoms with van der Waals surface area (Å²) < 4.78 is 6.60. The number of aryl methyl sites for hydroxylation is 2. The Labute approximate surface area is 238 Å². The molecule has 11 nitrogen and oxygen atoms in total. The molecule has 2 aliphatic heterocycles. The summed E-state index contributed by atoms with van der Waals surface area (Å²) in [6.45, 7) is 7.03. The second kappa shape index (κ2) is 9.82. The van der Waals surface area contributed by atoms with Gasteiger partial charge in [0.2, 0.25) is 11.7 Å². The first kappa shape index (κ1) is 26.1. The third-order valence-electron chi connectivity index (χ3n) is 7.19. The molecule has 2 bridgehead atoms. The molecule has 1 amide bonds. The van der Waals surface area contributed by atoms with Crippen LogP contribution in [0.15, 0.2) is 46.5 Å². The summed E-state index contributed by atoms with van der Waals surface area (Å²) in [5, 5.41) is 6.98. The Morgan fingerprint density at radius 3 is 2.67 bits per heavy atom. The van der Waals surface area contributed by atoms with Crippen LogP contribution >= 0.6 is 22.7 Å². The van der Waals surface area contributed by atoms with Crippen molar-refractivity contribution in [2.75, 3.05) is 30.4 Å². The van der Waals surface area contributed by atoms with Crippen LogP contribution in [0.1, 0.15) is 34.4 Å². The molecule has 2 aliphatic rings. The van der Waals surface area contributed by atoms with Gasteiger partial charge in [-0.2, -0.15) is 0 Å². The number of hydrogen-bond donors (Lipinski definition) is 1. The van der Waals surface area contributed by atoms with E-state index in [1.54, 1.807) is 36.7 Å². The number of methoxy groups -OCH3 is 1. The zero-order valence-electron chi connectivity index (χ0n) is 22.8. The lowest BCUT2D eigenvalue weighted by atomic mass is 9.96. The number of hydrogen-bond acceptors (Lipinski definition) is 11. The minimum absolute atomic E-state index is 0.103. The Bertz CT molecular complexity index is 1710. The van der Waals surface area contributed by atoms with Crippen LogP contribution in [0.3, 0.4) is 0 Å². The van der Waals surface area contributed by atoms with E-state index < -0.39 is 5.54 Å². The largest absolute Gasteiger partial charge is 0.490 e. The fourth-order valence-corrected chi connectivity index (χ4v) is 6.97. The second-order valence-corrected chi connectivity index (χ2v) is 12.2. The van der Waals surface area contributed by atoms with E-state index >= 15 is 0 Å². The summed E-state index contributed by atoms with van der Waals surface area (Å²) in [7, 11) is 3.13. The molecule has 4 aromatic heterocycles. The lowest BCUT2D eigenvalue weighted by Crippen LogP contribution is -2.59. The molecule has 1 saturated heterocycles. The molecule has 0 saturated carbocycles. The van der Waals surface area contributed by atoms with Crippen LogP contribution in [0.5, 0.6) is 5.75 Å². The molecule has 6 rings (SSSR count). The van der Waals surface area contributed by atoms with Gasteiger partial charge in [-0.15, -0.1) is 22.7 Å². The Morgan fingerprint density at radius 2 is 2.00 bits per heavy atom. The Hall–Kier alpha value is -4.10. The number of carbonyl (C=O) groups is 1. The highest BCUT2D eigenvalue weighted by Crippen LogP contribution is 2.40. The Morgan fingerprint density at radius 1 is 1.18 bits per heavy atom. The van der Waals surface area contributed by atoms with Crippen LogP contribution in [-0.2, 0) is 7.05 Å². The highest BCUT2D eigenvalue weighted by molar-refractivity contribution is 7.16. The van der Waals surface area contributed by atoms with Crippen molar-refractivity contribution in [3.8, 4) is 16.3 Å². The van der Waals surface area contributed by atoms with Crippen LogP contribution in [0, 0.1) is 13.8 Å². The number of rotatable bonds is 6. The van der Waals surface area contributed by atoms with E-state index in [1.165, 1.54) is 29.2 Å². The van der Waals surface area contributed by atoms with Crippen molar-refractivity contribution in [1.29, 1.82) is 0 Å². The van der Waals surface area contributed by atoms with Gasteiger partial charge in [0.05, 0.1) is 52.2 Å². The number of amides is 1. The first-order valence-corrected chi connectivity index (χ1v) is 14.4. The van der Waals surface area contributed by atoms with E-state index in [9.17, 15) is 9.59 Å². The Balaban J connectivity index is 1.17. The molecule has 0 aromatic carbocycles. The van der Waals surface area contributed by atoms with Crippen LogP contribution in [0.25, 0.3) is 10.6 Å². The maximum absolute atomic E-state index is 13.7. The number of fused-ring (bicyclic) bond motifs is 2. The van der Waals surface area contributed by atoms with Crippen LogP contribution in [0.2, 0.25) is 0 Å². The zero-order chi connectivity index (χ0) is 28.2.